The lowest BCUT2D eigenvalue weighted by Crippen LogP contribution is -2.07. The summed E-state index contributed by atoms with van der Waals surface area (Å²) < 4.78 is 19.5. The van der Waals surface area contributed by atoms with Crippen molar-refractivity contribution < 1.29 is 13.9 Å². The number of hydrogen-bond donors (Lipinski definition) is 0. The second-order valence-corrected chi connectivity index (χ2v) is 6.37. The fourth-order valence-corrected chi connectivity index (χ4v) is 2.79. The van der Waals surface area contributed by atoms with E-state index in [0.29, 0.717) is 10.6 Å². The highest BCUT2D eigenvalue weighted by atomic mass is 127. The normalized spacial score (nSPS) is 10.4. The molecule has 0 saturated heterocycles. The Balaban J connectivity index is 2.58. The largest absolute Gasteiger partial charge is 0.496 e. The van der Waals surface area contributed by atoms with Crippen molar-refractivity contribution in [2.45, 2.75) is 0 Å². The Kier molecular flexibility index (Phi) is 5.04. The molecule has 0 fully saturated rings. The number of carbonyl (C=O) groups is 1. The van der Waals surface area contributed by atoms with E-state index in [1.165, 1.54) is 19.2 Å². The standard InChI is InChI=1S/C14H8BrClFIO2/c1-20-13-6-11(17)10(15)5-9(13)14(19)8-4-7(16)2-3-12(8)18/h2-6H,1H3. The molecule has 2 aromatic carbocycles. The van der Waals surface area contributed by atoms with E-state index in [2.05, 4.69) is 38.5 Å². The monoisotopic (exact) mass is 468 g/mol. The van der Waals surface area contributed by atoms with Gasteiger partial charge < -0.3 is 4.74 Å². The maximum absolute atomic E-state index is 13.5. The van der Waals surface area contributed by atoms with Crippen molar-refractivity contribution in [2.75, 3.05) is 7.11 Å². The first-order valence-electron chi connectivity index (χ1n) is 5.47. The molecule has 2 aromatic rings. The predicted octanol–water partition coefficient (Wildman–Crippen LogP) is 5.09. The van der Waals surface area contributed by atoms with Gasteiger partial charge in [0.1, 0.15) is 11.6 Å². The maximum atomic E-state index is 13.5. The third-order valence-electron chi connectivity index (χ3n) is 2.66. The summed E-state index contributed by atoms with van der Waals surface area (Å²) in [6, 6.07) is 7.63. The highest BCUT2D eigenvalue weighted by Gasteiger charge is 2.19. The van der Waals surface area contributed by atoms with Crippen molar-refractivity contribution in [2.24, 2.45) is 0 Å². The van der Waals surface area contributed by atoms with Gasteiger partial charge in [0.2, 0.25) is 0 Å². The molecule has 0 radical (unpaired) electrons. The summed E-state index contributed by atoms with van der Waals surface area (Å²) in [6.45, 7) is 0. The minimum atomic E-state index is -0.487. The number of carbonyl (C=O) groups excluding carboxylic acids is 1. The molecule has 0 amide bonds. The lowest BCUT2D eigenvalue weighted by atomic mass is 10.0. The van der Waals surface area contributed by atoms with Crippen LogP contribution in [0.1, 0.15) is 15.9 Å². The molecule has 0 aliphatic rings. The minimum Gasteiger partial charge on any atom is -0.496 e. The predicted molar refractivity (Wildman–Crippen MR) is 88.3 cm³/mol. The highest BCUT2D eigenvalue weighted by molar-refractivity contribution is 14.1. The summed E-state index contributed by atoms with van der Waals surface area (Å²) in [4.78, 5) is 12.6. The average Bonchev–Trinajstić information content (AvgIpc) is 2.43. The van der Waals surface area contributed by atoms with E-state index in [-0.39, 0.29) is 21.6 Å². The zero-order valence-corrected chi connectivity index (χ0v) is 14.7. The third kappa shape index (κ3) is 3.15. The van der Waals surface area contributed by atoms with Gasteiger partial charge in [-0.15, -0.1) is 0 Å². The van der Waals surface area contributed by atoms with Gasteiger partial charge in [-0.2, -0.15) is 0 Å². The average molecular weight is 469 g/mol. The zero-order valence-electron chi connectivity index (χ0n) is 10.2. The van der Waals surface area contributed by atoms with Crippen molar-refractivity contribution in [3.8, 4) is 5.75 Å². The van der Waals surface area contributed by atoms with Crippen LogP contribution >= 0.6 is 50.1 Å². The Hall–Kier alpha value is -0.660. The molecule has 6 heteroatoms. The molecule has 0 aromatic heterocycles. The molecule has 0 spiro atoms. The van der Waals surface area contributed by atoms with Crippen LogP contribution in [0.25, 0.3) is 0 Å². The Bertz CT molecular complexity index is 691. The fourth-order valence-electron chi connectivity index (χ4n) is 1.69. The van der Waals surface area contributed by atoms with Crippen LogP contribution in [0.2, 0.25) is 5.02 Å². The van der Waals surface area contributed by atoms with Gasteiger partial charge in [0.15, 0.2) is 5.78 Å². The van der Waals surface area contributed by atoms with Crippen LogP contribution in [0.5, 0.6) is 5.75 Å². The van der Waals surface area contributed by atoms with Gasteiger partial charge in [-0.1, -0.05) is 11.6 Å². The molecule has 2 nitrogen and oxygen atoms in total. The van der Waals surface area contributed by atoms with Crippen molar-refractivity contribution in [1.82, 2.24) is 0 Å². The minimum absolute atomic E-state index is 0.187. The smallest absolute Gasteiger partial charge is 0.197 e. The van der Waals surface area contributed by atoms with Crippen molar-refractivity contribution in [3.63, 3.8) is 0 Å². The van der Waals surface area contributed by atoms with Gasteiger partial charge >= 0.3 is 0 Å². The second kappa shape index (κ2) is 6.41. The molecular formula is C14H8BrClFIO2. The SMILES string of the molecule is COc1cc(F)c(Br)cc1C(=O)c1cc(Cl)ccc1I. The van der Waals surface area contributed by atoms with Gasteiger partial charge in [0.25, 0.3) is 0 Å². The van der Waals surface area contributed by atoms with E-state index < -0.39 is 5.82 Å². The number of rotatable bonds is 3. The molecule has 2 rings (SSSR count). The molecule has 20 heavy (non-hydrogen) atoms. The number of benzene rings is 2. The lowest BCUT2D eigenvalue weighted by molar-refractivity contribution is 0.103. The molecule has 0 heterocycles. The Morgan fingerprint density at radius 2 is 2.00 bits per heavy atom. The van der Waals surface area contributed by atoms with Crippen molar-refractivity contribution >= 4 is 55.9 Å². The summed E-state index contributed by atoms with van der Waals surface area (Å²) in [6.07, 6.45) is 0. The van der Waals surface area contributed by atoms with Crippen LogP contribution in [-0.4, -0.2) is 12.9 Å². The molecular weight excluding hydrogens is 461 g/mol. The Morgan fingerprint density at radius 1 is 1.30 bits per heavy atom. The van der Waals surface area contributed by atoms with Crippen LogP contribution < -0.4 is 4.74 Å². The molecule has 0 unspecified atom stereocenters. The van der Waals surface area contributed by atoms with E-state index in [4.69, 9.17) is 16.3 Å². The first kappa shape index (κ1) is 15.7. The summed E-state index contributed by atoms with van der Waals surface area (Å²) in [7, 11) is 1.39. The zero-order chi connectivity index (χ0) is 14.9. The second-order valence-electron chi connectivity index (χ2n) is 3.92. The maximum Gasteiger partial charge on any atom is 0.197 e. The summed E-state index contributed by atoms with van der Waals surface area (Å²) in [5.74, 6) is -0.569. The summed E-state index contributed by atoms with van der Waals surface area (Å²) >= 11 is 11.0. The number of ether oxygens (including phenoxy) is 1. The summed E-state index contributed by atoms with van der Waals surface area (Å²) in [5, 5.41) is 0.467. The molecule has 0 bridgehead atoms. The van der Waals surface area contributed by atoms with Gasteiger partial charge in [0, 0.05) is 20.2 Å². The first-order valence-corrected chi connectivity index (χ1v) is 7.71. The van der Waals surface area contributed by atoms with E-state index >= 15 is 0 Å². The van der Waals surface area contributed by atoms with E-state index in [1.54, 1.807) is 18.2 Å². The van der Waals surface area contributed by atoms with Gasteiger partial charge in [-0.3, -0.25) is 4.79 Å². The quantitative estimate of drug-likeness (QED) is 0.463. The van der Waals surface area contributed by atoms with E-state index in [1.807, 2.05) is 0 Å². The lowest BCUT2D eigenvalue weighted by Gasteiger charge is -2.10. The van der Waals surface area contributed by atoms with Gasteiger partial charge in [-0.25, -0.2) is 4.39 Å². The highest BCUT2D eigenvalue weighted by Crippen LogP contribution is 2.30. The number of ketones is 1. The third-order valence-corrected chi connectivity index (χ3v) is 4.44. The van der Waals surface area contributed by atoms with Crippen LogP contribution in [0.4, 0.5) is 4.39 Å². The van der Waals surface area contributed by atoms with E-state index in [9.17, 15) is 9.18 Å². The van der Waals surface area contributed by atoms with Crippen LogP contribution in [-0.2, 0) is 0 Å². The molecule has 0 N–H and O–H groups in total. The fraction of sp³-hybridized carbons (Fsp3) is 0.0714. The van der Waals surface area contributed by atoms with Crippen LogP contribution in [0.3, 0.4) is 0 Å². The Labute approximate surface area is 142 Å². The Morgan fingerprint density at radius 3 is 2.65 bits per heavy atom. The number of hydrogen-bond acceptors (Lipinski definition) is 2. The topological polar surface area (TPSA) is 26.3 Å². The van der Waals surface area contributed by atoms with E-state index in [0.717, 1.165) is 3.57 Å². The van der Waals surface area contributed by atoms with Crippen molar-refractivity contribution in [3.05, 3.63) is 60.3 Å². The van der Waals surface area contributed by atoms with Crippen LogP contribution in [0, 0.1) is 9.39 Å². The summed E-state index contributed by atoms with van der Waals surface area (Å²) in [5.41, 5.74) is 0.732. The van der Waals surface area contributed by atoms with Gasteiger partial charge in [0.05, 0.1) is 17.1 Å². The molecule has 0 atom stereocenters. The van der Waals surface area contributed by atoms with Crippen LogP contribution in [0.15, 0.2) is 34.8 Å². The first-order chi connectivity index (χ1) is 9.43. The van der Waals surface area contributed by atoms with Crippen molar-refractivity contribution in [1.29, 1.82) is 0 Å². The van der Waals surface area contributed by atoms with Gasteiger partial charge in [-0.05, 0) is 62.8 Å². The molecule has 0 aliphatic heterocycles. The number of halogens is 4. The number of methoxy groups -OCH3 is 1. The molecule has 0 aliphatic carbocycles. The molecule has 104 valence electrons. The molecule has 0 saturated carbocycles.